The molecule has 2 amide bonds. The van der Waals surface area contributed by atoms with Crippen LogP contribution in [0, 0.1) is 5.41 Å². The lowest BCUT2D eigenvalue weighted by Crippen LogP contribution is -2.46. The first-order valence-corrected chi connectivity index (χ1v) is 28.1. The highest BCUT2D eigenvalue weighted by Crippen LogP contribution is 2.61. The molecule has 1 aliphatic heterocycles. The number of nitrogens with one attached hydrogen (secondary N) is 2. The molecule has 0 saturated carbocycles. The molecule has 69 heavy (non-hydrogen) atoms. The first kappa shape index (κ1) is 60.1. The summed E-state index contributed by atoms with van der Waals surface area (Å²) >= 11 is 1.14. The number of anilines is 1. The highest BCUT2D eigenvalue weighted by molar-refractivity contribution is 8.13. The van der Waals surface area contributed by atoms with Gasteiger partial charge < -0.3 is 50.9 Å². The molecule has 0 spiro atoms. The Kier molecular flexibility index (Phi) is 26.1. The Bertz CT molecular complexity index is 2170. The zero-order valence-electron chi connectivity index (χ0n) is 39.0. The van der Waals surface area contributed by atoms with Crippen LogP contribution in [0.15, 0.2) is 49.1 Å². The van der Waals surface area contributed by atoms with E-state index in [1.165, 1.54) is 33.1 Å². The molecular formula is C41H68N7O17P3S. The van der Waals surface area contributed by atoms with E-state index in [9.17, 15) is 57.9 Å². The van der Waals surface area contributed by atoms with Crippen LogP contribution >= 0.6 is 35.2 Å². The molecule has 0 radical (unpaired) electrons. The van der Waals surface area contributed by atoms with Crippen LogP contribution in [0.1, 0.15) is 110 Å². The van der Waals surface area contributed by atoms with E-state index in [4.69, 9.17) is 19.5 Å². The number of phosphoric acid groups is 3. The van der Waals surface area contributed by atoms with Crippen molar-refractivity contribution in [1.82, 2.24) is 30.2 Å². The molecule has 0 aliphatic carbocycles. The van der Waals surface area contributed by atoms with Gasteiger partial charge in [0, 0.05) is 37.1 Å². The zero-order valence-corrected chi connectivity index (χ0v) is 42.5. The van der Waals surface area contributed by atoms with Crippen molar-refractivity contribution < 1.29 is 80.5 Å². The minimum Gasteiger partial charge on any atom is -0.386 e. The monoisotopic (exact) mass is 1060 g/mol. The second kappa shape index (κ2) is 30.0. The minimum absolute atomic E-state index is 0.0317. The number of aromatic nitrogens is 4. The van der Waals surface area contributed by atoms with E-state index >= 15 is 0 Å². The van der Waals surface area contributed by atoms with Crippen LogP contribution < -0.4 is 16.4 Å². The normalized spacial score (nSPS) is 20.2. The molecule has 2 unspecified atom stereocenters. The van der Waals surface area contributed by atoms with Gasteiger partial charge >= 0.3 is 23.5 Å². The number of ether oxygens (including phenoxy) is 1. The summed E-state index contributed by atoms with van der Waals surface area (Å²) in [5.41, 5.74) is 4.28. The van der Waals surface area contributed by atoms with E-state index in [1.807, 2.05) is 0 Å². The van der Waals surface area contributed by atoms with Crippen molar-refractivity contribution in [3.05, 3.63) is 49.1 Å². The SMILES string of the molecule is CCCCC/C=C/C/C=C/C/C=C/CCCCCCC(=O)SCCNC(=O)CCNC(=O)[C@H](O)C(C)(C)COP(=O)(O)OP(=O)(O)OC[C@H]1O[C@@H](n2cnc3c(N)ncnc32)[C@H](O)[C@@H]1OP(=O)(O)O. The number of unbranched alkanes of at least 4 members (excludes halogenated alkanes) is 7. The molecule has 0 bridgehead atoms. The van der Waals surface area contributed by atoms with Crippen LogP contribution in [0.5, 0.6) is 0 Å². The van der Waals surface area contributed by atoms with Crippen molar-refractivity contribution in [3.63, 3.8) is 0 Å². The van der Waals surface area contributed by atoms with Crippen molar-refractivity contribution in [3.8, 4) is 0 Å². The van der Waals surface area contributed by atoms with Gasteiger partial charge in [0.1, 0.15) is 36.3 Å². The van der Waals surface area contributed by atoms with E-state index < -0.39 is 84.6 Å². The predicted molar refractivity (Wildman–Crippen MR) is 256 cm³/mol. The number of carbonyl (C=O) groups excluding carboxylic acids is 3. The molecule has 1 saturated heterocycles. The van der Waals surface area contributed by atoms with E-state index in [0.29, 0.717) is 12.2 Å². The number of amides is 2. The summed E-state index contributed by atoms with van der Waals surface area (Å²) < 4.78 is 62.4. The number of carbonyl (C=O) groups is 3. The average Bonchev–Trinajstić information content (AvgIpc) is 3.84. The maximum absolute atomic E-state index is 12.7. The smallest absolute Gasteiger partial charge is 0.386 e. The molecule has 1 fully saturated rings. The number of allylic oxidation sites excluding steroid dienone is 6. The van der Waals surface area contributed by atoms with Crippen LogP contribution in [0.3, 0.4) is 0 Å². The molecule has 1 aliphatic rings. The summed E-state index contributed by atoms with van der Waals surface area (Å²) in [5.74, 6) is -1.05. The first-order chi connectivity index (χ1) is 32.6. The first-order valence-electron chi connectivity index (χ1n) is 22.6. The molecule has 28 heteroatoms. The Morgan fingerprint density at radius 1 is 0.884 bits per heavy atom. The molecule has 24 nitrogen and oxygen atoms in total. The number of fused-ring (bicyclic) bond motifs is 1. The number of hydrogen-bond donors (Lipinski definition) is 9. The lowest BCUT2D eigenvalue weighted by molar-refractivity contribution is -0.137. The molecule has 390 valence electrons. The average molecular weight is 1060 g/mol. The number of nitrogens with zero attached hydrogens (tertiary/aromatic N) is 4. The summed E-state index contributed by atoms with van der Waals surface area (Å²) in [5, 5.41) is 26.6. The Morgan fingerprint density at radius 2 is 1.52 bits per heavy atom. The van der Waals surface area contributed by atoms with Crippen molar-refractivity contribution in [2.75, 3.05) is 37.8 Å². The zero-order chi connectivity index (χ0) is 51.1. The van der Waals surface area contributed by atoms with E-state index in [2.05, 4.69) is 77.8 Å². The Balaban J connectivity index is 1.29. The molecular weight excluding hydrogens is 987 g/mol. The number of hydrogen-bond acceptors (Lipinski definition) is 18. The van der Waals surface area contributed by atoms with Gasteiger partial charge in [0.25, 0.3) is 0 Å². The van der Waals surface area contributed by atoms with Gasteiger partial charge in [-0.25, -0.2) is 28.6 Å². The quantitative estimate of drug-likeness (QED) is 0.0252. The molecule has 2 aromatic heterocycles. The largest absolute Gasteiger partial charge is 0.481 e. The van der Waals surface area contributed by atoms with Crippen molar-refractivity contribution in [2.45, 2.75) is 135 Å². The fourth-order valence-electron chi connectivity index (χ4n) is 6.54. The topological polar surface area (TPSA) is 364 Å². The second-order valence-corrected chi connectivity index (χ2v) is 22.0. The van der Waals surface area contributed by atoms with Gasteiger partial charge in [0.05, 0.1) is 19.5 Å². The number of nitrogens with two attached hydrogens (primary N) is 1. The summed E-state index contributed by atoms with van der Waals surface area (Å²) in [6.07, 6.45) is 18.5. The predicted octanol–water partition coefficient (Wildman–Crippen LogP) is 5.03. The molecule has 2 aromatic rings. The summed E-state index contributed by atoms with van der Waals surface area (Å²) in [4.78, 5) is 88.4. The third-order valence-corrected chi connectivity index (χ3v) is 14.3. The minimum atomic E-state index is -5.58. The summed E-state index contributed by atoms with van der Waals surface area (Å²) in [7, 11) is -16.4. The molecule has 3 rings (SSSR count). The Labute approximate surface area is 405 Å². The summed E-state index contributed by atoms with van der Waals surface area (Å²) in [6.45, 7) is 2.75. The second-order valence-electron chi connectivity index (χ2n) is 16.6. The standard InChI is InChI=1S/C41H68N7O17P3S/c1-4-5-6-7-8-9-10-11-12-13-14-15-16-17-18-19-20-21-32(50)69-25-24-43-31(49)22-23-44-39(53)36(52)41(2,3)27-62-68(59,60)65-67(57,58)61-26-30-35(64-66(54,55)56)34(51)40(63-30)48-29-47-33-37(42)45-28-46-38(33)48/h8-9,11-12,14-15,28-30,34-36,40,51-52H,4-7,10,13,16-27H2,1-3H3,(H,43,49)(H,44,53)(H,57,58)(H,59,60)(H2,42,45,46)(H2,54,55,56)/b9-8+,12-11+,15-14+/t30-,34-,35-,36+,40-/m1/s1. The van der Waals surface area contributed by atoms with E-state index in [1.54, 1.807) is 0 Å². The molecule has 0 aromatic carbocycles. The third-order valence-electron chi connectivity index (χ3n) is 10.3. The third kappa shape index (κ3) is 22.8. The lowest BCUT2D eigenvalue weighted by Gasteiger charge is -2.30. The number of imidazole rings is 1. The van der Waals surface area contributed by atoms with Gasteiger partial charge in [-0.3, -0.25) is 32.5 Å². The van der Waals surface area contributed by atoms with E-state index in [-0.39, 0.29) is 41.6 Å². The van der Waals surface area contributed by atoms with Gasteiger partial charge in [0.2, 0.25) is 11.8 Å². The van der Waals surface area contributed by atoms with Gasteiger partial charge in [-0.15, -0.1) is 0 Å². The lowest BCUT2D eigenvalue weighted by atomic mass is 9.87. The Morgan fingerprint density at radius 3 is 2.19 bits per heavy atom. The van der Waals surface area contributed by atoms with Gasteiger partial charge in [-0.1, -0.05) is 94.7 Å². The fourth-order valence-corrected chi connectivity index (χ4v) is 10.1. The van der Waals surface area contributed by atoms with Gasteiger partial charge in [-0.05, 0) is 44.9 Å². The number of aliphatic hydroxyl groups excluding tert-OH is 2. The summed E-state index contributed by atoms with van der Waals surface area (Å²) in [6, 6.07) is 0. The maximum atomic E-state index is 12.7. The number of nitrogen functional groups attached to an aromatic ring is 1. The van der Waals surface area contributed by atoms with Crippen LogP contribution in [-0.4, -0.2) is 123 Å². The van der Waals surface area contributed by atoms with Crippen molar-refractivity contribution >= 4 is 69.1 Å². The number of thioether (sulfide) groups is 1. The van der Waals surface area contributed by atoms with Crippen molar-refractivity contribution in [2.24, 2.45) is 5.41 Å². The maximum Gasteiger partial charge on any atom is 0.481 e. The van der Waals surface area contributed by atoms with Crippen LogP contribution in [0.2, 0.25) is 0 Å². The number of aliphatic hydroxyl groups is 2. The van der Waals surface area contributed by atoms with Gasteiger partial charge in [0.15, 0.2) is 22.8 Å². The van der Waals surface area contributed by atoms with Crippen molar-refractivity contribution in [1.29, 1.82) is 0 Å². The number of phosphoric ester groups is 3. The number of rotatable bonds is 34. The van der Waals surface area contributed by atoms with Gasteiger partial charge in [-0.2, -0.15) is 4.31 Å². The van der Waals surface area contributed by atoms with Crippen LogP contribution in [0.4, 0.5) is 5.82 Å². The van der Waals surface area contributed by atoms with Crippen LogP contribution in [0.25, 0.3) is 11.2 Å². The molecule has 7 atom stereocenters. The molecule has 3 heterocycles. The fraction of sp³-hybridized carbons (Fsp3) is 0.659. The van der Waals surface area contributed by atoms with Crippen LogP contribution in [-0.2, 0) is 50.7 Å². The highest BCUT2D eigenvalue weighted by atomic mass is 32.2. The van der Waals surface area contributed by atoms with E-state index in [0.717, 1.165) is 80.4 Å². The highest BCUT2D eigenvalue weighted by Gasteiger charge is 2.50. The Hall–Kier alpha value is -3.22. The molecule has 10 N–H and O–H groups in total.